The molecule has 0 spiro atoms. The van der Waals surface area contributed by atoms with E-state index in [4.69, 9.17) is 4.74 Å². The summed E-state index contributed by atoms with van der Waals surface area (Å²) in [6.45, 7) is 6.24. The van der Waals surface area contributed by atoms with Crippen molar-refractivity contribution in [2.45, 2.75) is 6.18 Å². The number of morpholine rings is 1. The van der Waals surface area contributed by atoms with Gasteiger partial charge in [0.25, 0.3) is 0 Å². The minimum atomic E-state index is -4.54. The lowest BCUT2D eigenvalue weighted by Crippen LogP contribution is -2.34. The smallest absolute Gasteiger partial charge is 0.379 e. The second-order valence-corrected chi connectivity index (χ2v) is 7.68. The molecule has 4 heterocycles. The number of pyridine rings is 1. The zero-order chi connectivity index (χ0) is 22.3. The maximum absolute atomic E-state index is 13.8. The first-order valence-electron chi connectivity index (χ1n) is 10.2. The molecule has 32 heavy (non-hydrogen) atoms. The molecule has 0 aliphatic carbocycles. The number of nitrogens with one attached hydrogen (secondary N) is 1. The minimum absolute atomic E-state index is 0.0701. The number of aromatic amines is 1. The number of ether oxygens (including phenoxy) is 1. The molecule has 1 aliphatic heterocycles. The Bertz CT molecular complexity index is 1250. The van der Waals surface area contributed by atoms with Crippen LogP contribution < -0.4 is 0 Å². The molecule has 4 aromatic rings. The highest BCUT2D eigenvalue weighted by Gasteiger charge is 2.36. The van der Waals surface area contributed by atoms with Crippen molar-refractivity contribution >= 4 is 11.0 Å². The minimum Gasteiger partial charge on any atom is -0.379 e. The number of fused-ring (bicyclic) bond motifs is 1. The van der Waals surface area contributed by atoms with E-state index >= 15 is 0 Å². The van der Waals surface area contributed by atoms with E-state index in [0.29, 0.717) is 35.5 Å². The number of alkyl halides is 3. The molecule has 2 radical (unpaired) electrons. The third-order valence-electron chi connectivity index (χ3n) is 5.43. The van der Waals surface area contributed by atoms with Crippen LogP contribution in [-0.4, -0.2) is 51.0 Å². The fourth-order valence-corrected chi connectivity index (χ4v) is 3.92. The zero-order valence-corrected chi connectivity index (χ0v) is 17.3. The number of hydrogen-bond acceptors (Lipinski definition) is 4. The van der Waals surface area contributed by atoms with E-state index in [1.807, 2.05) is 24.3 Å². The number of benzene rings is 1. The summed E-state index contributed by atoms with van der Waals surface area (Å²) in [6.07, 6.45) is -0.653. The summed E-state index contributed by atoms with van der Waals surface area (Å²) < 4.78 is 48.2. The van der Waals surface area contributed by atoms with Crippen LogP contribution in [0.3, 0.4) is 0 Å². The molecule has 0 saturated carbocycles. The molecule has 1 N–H and O–H groups in total. The fraction of sp³-hybridized carbons (Fsp3) is 0.261. The van der Waals surface area contributed by atoms with Crippen molar-refractivity contribution in [3.63, 3.8) is 0 Å². The van der Waals surface area contributed by atoms with Gasteiger partial charge in [0.2, 0.25) is 0 Å². The number of nitrogens with zero attached hydrogens (tertiary/aromatic N) is 4. The Kier molecular flexibility index (Phi) is 5.22. The topological polar surface area (TPSA) is 59.0 Å². The number of hydrogen-bond donors (Lipinski definition) is 1. The molecule has 5 rings (SSSR count). The lowest BCUT2D eigenvalue weighted by molar-refractivity contribution is -0.137. The second-order valence-electron chi connectivity index (χ2n) is 7.68. The van der Waals surface area contributed by atoms with Crippen LogP contribution in [0.5, 0.6) is 0 Å². The van der Waals surface area contributed by atoms with Crippen LogP contribution in [-0.2, 0) is 18.0 Å². The Morgan fingerprint density at radius 3 is 2.62 bits per heavy atom. The number of rotatable bonds is 4. The van der Waals surface area contributed by atoms with Crippen molar-refractivity contribution in [2.24, 2.45) is 7.05 Å². The van der Waals surface area contributed by atoms with Gasteiger partial charge in [0, 0.05) is 54.7 Å². The summed E-state index contributed by atoms with van der Waals surface area (Å²) in [4.78, 5) is 9.31. The Labute approximate surface area is 182 Å². The Balaban J connectivity index is 1.57. The van der Waals surface area contributed by atoms with Gasteiger partial charge in [-0.05, 0) is 23.3 Å². The number of halogens is 3. The zero-order valence-electron chi connectivity index (χ0n) is 17.3. The number of H-pyrrole nitrogens is 1. The molecule has 0 atom stereocenters. The van der Waals surface area contributed by atoms with Gasteiger partial charge in [0.1, 0.15) is 5.65 Å². The molecule has 0 unspecified atom stereocenters. The van der Waals surface area contributed by atoms with Crippen LogP contribution >= 0.6 is 0 Å². The molecule has 0 amide bonds. The van der Waals surface area contributed by atoms with Gasteiger partial charge < -0.3 is 9.72 Å². The van der Waals surface area contributed by atoms with Crippen LogP contribution in [0.2, 0.25) is 0 Å². The van der Waals surface area contributed by atoms with Crippen molar-refractivity contribution in [1.29, 1.82) is 0 Å². The molecule has 164 valence electrons. The monoisotopic (exact) mass is 439 g/mol. The first kappa shape index (κ1) is 20.7. The summed E-state index contributed by atoms with van der Waals surface area (Å²) in [5.74, 6) is 0. The van der Waals surface area contributed by atoms with Gasteiger partial charge in [0.15, 0.2) is 0 Å². The van der Waals surface area contributed by atoms with E-state index in [0.717, 1.165) is 30.4 Å². The predicted octanol–water partition coefficient (Wildman–Crippen LogP) is 4.37. The highest BCUT2D eigenvalue weighted by atomic mass is 19.4. The van der Waals surface area contributed by atoms with Gasteiger partial charge in [-0.3, -0.25) is 9.58 Å². The van der Waals surface area contributed by atoms with E-state index < -0.39 is 11.7 Å². The molecule has 3 aromatic heterocycles. The maximum atomic E-state index is 13.8. The summed E-state index contributed by atoms with van der Waals surface area (Å²) in [7, 11) is 1.67. The molecule has 9 heteroatoms. The molecule has 1 fully saturated rings. The Morgan fingerprint density at radius 2 is 1.91 bits per heavy atom. The maximum Gasteiger partial charge on any atom is 0.418 e. The van der Waals surface area contributed by atoms with Gasteiger partial charge in [-0.25, -0.2) is 4.98 Å². The summed E-state index contributed by atoms with van der Waals surface area (Å²) in [6, 6.07) is 9.43. The number of aromatic nitrogens is 4. The third-order valence-corrected chi connectivity index (χ3v) is 5.43. The van der Waals surface area contributed by atoms with E-state index in [1.54, 1.807) is 19.3 Å². The fourth-order valence-electron chi connectivity index (χ4n) is 3.92. The average Bonchev–Trinajstić information content (AvgIpc) is 3.39. The highest BCUT2D eigenvalue weighted by molar-refractivity contribution is 5.97. The summed E-state index contributed by atoms with van der Waals surface area (Å²) >= 11 is 0. The molecular formula is C23H20F3N5O. The number of aryl methyl sites for hydroxylation is 1. The first-order chi connectivity index (χ1) is 15.4. The van der Waals surface area contributed by atoms with Crippen LogP contribution in [0.15, 0.2) is 48.9 Å². The van der Waals surface area contributed by atoms with Crippen molar-refractivity contribution in [2.75, 3.05) is 26.3 Å². The lowest BCUT2D eigenvalue weighted by Gasteiger charge is -2.25. The SMILES string of the molecule is Cn1cc(-c2c(C(F)(F)F)cnc3[nH]c(-c4cccc([C]N5CCOCC5)c4)cc23)cn1. The predicted molar refractivity (Wildman–Crippen MR) is 113 cm³/mol. The van der Waals surface area contributed by atoms with Gasteiger partial charge >= 0.3 is 6.18 Å². The second kappa shape index (κ2) is 8.07. The summed E-state index contributed by atoms with van der Waals surface area (Å²) in [5, 5.41) is 4.45. The molecule has 1 aliphatic rings. The standard InChI is InChI=1S/C23H20F3N5O/c1-30-14-17(11-28-30)21-18-10-20(29-22(18)27-12-19(21)23(24,25)26)16-4-2-3-15(9-16)13-31-5-7-32-8-6-31/h2-4,9-12,14H,5-8H2,1H3,(H,27,29). The van der Waals surface area contributed by atoms with Crippen molar-refractivity contribution in [1.82, 2.24) is 24.6 Å². The van der Waals surface area contributed by atoms with E-state index in [9.17, 15) is 13.2 Å². The van der Waals surface area contributed by atoms with Crippen molar-refractivity contribution in [3.8, 4) is 22.4 Å². The van der Waals surface area contributed by atoms with Crippen LogP contribution in [0, 0.1) is 6.54 Å². The van der Waals surface area contributed by atoms with Gasteiger partial charge in [-0.1, -0.05) is 18.2 Å². The molecular weight excluding hydrogens is 419 g/mol. The van der Waals surface area contributed by atoms with Gasteiger partial charge in [-0.2, -0.15) is 18.3 Å². The van der Waals surface area contributed by atoms with E-state index in [-0.39, 0.29) is 5.56 Å². The van der Waals surface area contributed by atoms with Crippen LogP contribution in [0.1, 0.15) is 11.1 Å². The summed E-state index contributed by atoms with van der Waals surface area (Å²) in [5.41, 5.74) is 2.47. The lowest BCUT2D eigenvalue weighted by atomic mass is 10.00. The van der Waals surface area contributed by atoms with Crippen molar-refractivity contribution in [3.05, 3.63) is 66.6 Å². The average molecular weight is 439 g/mol. The first-order valence-corrected chi connectivity index (χ1v) is 10.2. The normalized spacial score (nSPS) is 15.5. The molecule has 1 aromatic carbocycles. The quantitative estimate of drug-likeness (QED) is 0.513. The molecule has 0 bridgehead atoms. The van der Waals surface area contributed by atoms with Gasteiger partial charge in [-0.15, -0.1) is 0 Å². The van der Waals surface area contributed by atoms with Crippen LogP contribution in [0.25, 0.3) is 33.4 Å². The van der Waals surface area contributed by atoms with E-state index in [1.165, 1.54) is 10.9 Å². The Hall–Kier alpha value is -3.17. The van der Waals surface area contributed by atoms with Crippen LogP contribution in [0.4, 0.5) is 13.2 Å². The molecule has 1 saturated heterocycles. The van der Waals surface area contributed by atoms with Crippen molar-refractivity contribution < 1.29 is 17.9 Å². The molecule has 6 nitrogen and oxygen atoms in total. The highest BCUT2D eigenvalue weighted by Crippen LogP contribution is 2.41. The Morgan fingerprint density at radius 1 is 1.09 bits per heavy atom. The van der Waals surface area contributed by atoms with Gasteiger partial charge in [0.05, 0.1) is 31.5 Å². The largest absolute Gasteiger partial charge is 0.418 e. The third kappa shape index (κ3) is 4.01. The van der Waals surface area contributed by atoms with E-state index in [2.05, 4.69) is 26.5 Å².